The van der Waals surface area contributed by atoms with E-state index in [1.807, 2.05) is 0 Å². The maximum atomic E-state index is 12.1. The average molecular weight is 270 g/mol. The lowest BCUT2D eigenvalue weighted by Crippen LogP contribution is -2.32. The summed E-state index contributed by atoms with van der Waals surface area (Å²) in [4.78, 5) is 16.6. The van der Waals surface area contributed by atoms with E-state index < -0.39 is 9.84 Å². The van der Waals surface area contributed by atoms with Crippen molar-refractivity contribution in [3.63, 3.8) is 0 Å². The second-order valence-electron chi connectivity index (χ2n) is 3.95. The van der Waals surface area contributed by atoms with E-state index in [2.05, 4.69) is 10.3 Å². The number of pyridine rings is 1. The molecule has 0 atom stereocenters. The number of anilines is 1. The summed E-state index contributed by atoms with van der Waals surface area (Å²) in [6.45, 7) is 1.24. The van der Waals surface area contributed by atoms with Gasteiger partial charge in [0.25, 0.3) is 0 Å². The number of amides is 2. The molecule has 0 unspecified atom stereocenters. The number of hydrogen-bond acceptors (Lipinski definition) is 5. The van der Waals surface area contributed by atoms with Crippen LogP contribution in [0.2, 0.25) is 0 Å². The van der Waals surface area contributed by atoms with Crippen LogP contribution in [-0.2, 0) is 9.84 Å². The van der Waals surface area contributed by atoms with Gasteiger partial charge in [-0.15, -0.1) is 0 Å². The van der Waals surface area contributed by atoms with Crippen LogP contribution in [0.5, 0.6) is 0 Å². The molecule has 0 saturated carbocycles. The van der Waals surface area contributed by atoms with Gasteiger partial charge in [-0.05, 0) is 6.07 Å². The predicted octanol–water partition coefficient (Wildman–Crippen LogP) is -0.537. The van der Waals surface area contributed by atoms with E-state index in [0.29, 0.717) is 13.1 Å². The van der Waals surface area contributed by atoms with Gasteiger partial charge in [-0.3, -0.25) is 4.98 Å². The summed E-state index contributed by atoms with van der Waals surface area (Å²) < 4.78 is 24.1. The molecule has 2 heterocycles. The molecule has 1 fully saturated rings. The van der Waals surface area contributed by atoms with Gasteiger partial charge >= 0.3 is 6.03 Å². The van der Waals surface area contributed by atoms with Gasteiger partial charge in [0.05, 0.1) is 22.5 Å². The Balaban J connectivity index is 2.08. The maximum Gasteiger partial charge on any atom is 0.317 e. The molecule has 1 aliphatic heterocycles. The Hall–Kier alpha value is -1.83. The fraction of sp³-hybridized carbons (Fsp3) is 0.400. The quantitative estimate of drug-likeness (QED) is 0.764. The number of aromatic nitrogens is 1. The predicted molar refractivity (Wildman–Crippen MR) is 65.7 cm³/mol. The molecule has 8 heteroatoms. The Morgan fingerprint density at radius 3 is 2.89 bits per heavy atom. The minimum Gasteiger partial charge on any atom is -0.396 e. The molecule has 98 valence electrons. The molecular weight excluding hydrogens is 256 g/mol. The molecular formula is C10H14N4O3S. The molecule has 2 rings (SSSR count). The number of carbonyl (C=O) groups is 1. The van der Waals surface area contributed by atoms with Gasteiger partial charge in [-0.1, -0.05) is 0 Å². The van der Waals surface area contributed by atoms with E-state index in [9.17, 15) is 13.2 Å². The number of hydrogen-bond donors (Lipinski definition) is 2. The third-order valence-corrected chi connectivity index (χ3v) is 4.48. The van der Waals surface area contributed by atoms with E-state index in [4.69, 9.17) is 5.73 Å². The van der Waals surface area contributed by atoms with Crippen LogP contribution in [0.15, 0.2) is 23.4 Å². The maximum absolute atomic E-state index is 12.1. The van der Waals surface area contributed by atoms with E-state index >= 15 is 0 Å². The summed E-state index contributed by atoms with van der Waals surface area (Å²) in [5, 5.41) is 2.61. The van der Waals surface area contributed by atoms with Gasteiger partial charge in [0.1, 0.15) is 0 Å². The number of nitrogens with one attached hydrogen (secondary N) is 1. The van der Waals surface area contributed by atoms with Crippen LogP contribution in [0.3, 0.4) is 0 Å². The number of nitrogen functional groups attached to an aromatic ring is 1. The lowest BCUT2D eigenvalue weighted by Gasteiger charge is -2.14. The molecule has 1 aromatic heterocycles. The number of nitrogens with zero attached hydrogens (tertiary/aromatic N) is 2. The molecule has 2 amide bonds. The van der Waals surface area contributed by atoms with Crippen molar-refractivity contribution in [3.8, 4) is 0 Å². The Morgan fingerprint density at radius 1 is 1.50 bits per heavy atom. The second-order valence-corrected chi connectivity index (χ2v) is 6.03. The zero-order valence-electron chi connectivity index (χ0n) is 9.67. The standard InChI is InChI=1S/C10H14N4O3S/c11-8-7-12-2-1-9(8)18(16,17)6-5-14-4-3-13-10(14)15/h1-2,7H,3-6,11H2,(H,13,15). The Morgan fingerprint density at radius 2 is 2.28 bits per heavy atom. The van der Waals surface area contributed by atoms with Crippen molar-refractivity contribution in [1.29, 1.82) is 0 Å². The fourth-order valence-electron chi connectivity index (χ4n) is 1.74. The molecule has 7 nitrogen and oxygen atoms in total. The normalized spacial score (nSPS) is 15.8. The molecule has 18 heavy (non-hydrogen) atoms. The first-order valence-corrected chi connectivity index (χ1v) is 7.11. The van der Waals surface area contributed by atoms with Gasteiger partial charge < -0.3 is 16.0 Å². The number of sulfone groups is 1. The highest BCUT2D eigenvalue weighted by Gasteiger charge is 2.23. The molecule has 0 radical (unpaired) electrons. The van der Waals surface area contributed by atoms with Gasteiger partial charge in [0.2, 0.25) is 0 Å². The van der Waals surface area contributed by atoms with E-state index in [1.54, 1.807) is 0 Å². The zero-order valence-corrected chi connectivity index (χ0v) is 10.5. The second kappa shape index (κ2) is 4.81. The Kier molecular flexibility index (Phi) is 3.37. The first-order valence-electron chi connectivity index (χ1n) is 5.46. The number of nitrogens with two attached hydrogens (primary N) is 1. The zero-order chi connectivity index (χ0) is 13.2. The van der Waals surface area contributed by atoms with Crippen LogP contribution in [0, 0.1) is 0 Å². The van der Waals surface area contributed by atoms with Crippen molar-refractivity contribution in [2.75, 3.05) is 31.1 Å². The van der Waals surface area contributed by atoms with Crippen LogP contribution >= 0.6 is 0 Å². The van der Waals surface area contributed by atoms with Crippen molar-refractivity contribution < 1.29 is 13.2 Å². The summed E-state index contributed by atoms with van der Waals surface area (Å²) in [6.07, 6.45) is 2.68. The molecule has 0 spiro atoms. The molecule has 3 N–H and O–H groups in total. The number of carbonyl (C=O) groups excluding carboxylic acids is 1. The molecule has 1 saturated heterocycles. The highest BCUT2D eigenvalue weighted by Crippen LogP contribution is 2.17. The van der Waals surface area contributed by atoms with Gasteiger partial charge in [0.15, 0.2) is 9.84 Å². The van der Waals surface area contributed by atoms with E-state index in [0.717, 1.165) is 0 Å². The number of urea groups is 1. The van der Waals surface area contributed by atoms with Crippen molar-refractivity contribution in [1.82, 2.24) is 15.2 Å². The van der Waals surface area contributed by atoms with Crippen molar-refractivity contribution in [2.45, 2.75) is 4.90 Å². The monoisotopic (exact) mass is 270 g/mol. The Bertz CT molecular complexity index is 558. The Labute approximate surface area is 105 Å². The van der Waals surface area contributed by atoms with Crippen molar-refractivity contribution in [3.05, 3.63) is 18.5 Å². The van der Waals surface area contributed by atoms with Crippen LogP contribution < -0.4 is 11.1 Å². The van der Waals surface area contributed by atoms with Gasteiger partial charge in [0, 0.05) is 25.8 Å². The molecule has 1 aliphatic rings. The van der Waals surface area contributed by atoms with Crippen LogP contribution in [0.25, 0.3) is 0 Å². The van der Waals surface area contributed by atoms with Crippen molar-refractivity contribution >= 4 is 21.6 Å². The number of rotatable bonds is 4. The minimum absolute atomic E-state index is 0.0668. The fourth-order valence-corrected chi connectivity index (χ4v) is 3.10. The average Bonchev–Trinajstić information content (AvgIpc) is 2.73. The van der Waals surface area contributed by atoms with E-state index in [1.165, 1.54) is 23.4 Å². The molecule has 0 aromatic carbocycles. The van der Waals surface area contributed by atoms with Gasteiger partial charge in [-0.2, -0.15) is 0 Å². The highest BCUT2D eigenvalue weighted by molar-refractivity contribution is 7.91. The smallest absolute Gasteiger partial charge is 0.317 e. The lowest BCUT2D eigenvalue weighted by atomic mass is 10.4. The summed E-state index contributed by atoms with van der Waals surface area (Å²) in [5.41, 5.74) is 5.71. The van der Waals surface area contributed by atoms with E-state index in [-0.39, 0.29) is 28.9 Å². The van der Waals surface area contributed by atoms with Crippen LogP contribution in [0.1, 0.15) is 0 Å². The highest BCUT2D eigenvalue weighted by atomic mass is 32.2. The third-order valence-electron chi connectivity index (χ3n) is 2.72. The van der Waals surface area contributed by atoms with Crippen LogP contribution in [-0.4, -0.2) is 49.7 Å². The first kappa shape index (κ1) is 12.6. The molecule has 0 aliphatic carbocycles. The lowest BCUT2D eigenvalue weighted by molar-refractivity contribution is 0.220. The van der Waals surface area contributed by atoms with Gasteiger partial charge in [-0.25, -0.2) is 13.2 Å². The first-order chi connectivity index (χ1) is 8.50. The summed E-state index contributed by atoms with van der Waals surface area (Å²) in [7, 11) is -3.49. The molecule has 0 bridgehead atoms. The van der Waals surface area contributed by atoms with Crippen LogP contribution in [0.4, 0.5) is 10.5 Å². The SMILES string of the molecule is Nc1cnccc1S(=O)(=O)CCN1CCNC1=O. The topological polar surface area (TPSA) is 105 Å². The largest absolute Gasteiger partial charge is 0.396 e. The minimum atomic E-state index is -3.49. The van der Waals surface area contributed by atoms with Crippen molar-refractivity contribution in [2.24, 2.45) is 0 Å². The molecule has 1 aromatic rings. The summed E-state index contributed by atoms with van der Waals surface area (Å²) >= 11 is 0. The summed E-state index contributed by atoms with van der Waals surface area (Å²) in [6, 6.07) is 1.14. The third kappa shape index (κ3) is 2.53. The summed E-state index contributed by atoms with van der Waals surface area (Å²) in [5.74, 6) is -0.144.